The number of amides is 1. The lowest BCUT2D eigenvalue weighted by molar-refractivity contribution is 0.0931. The Morgan fingerprint density at radius 3 is 3.04 bits per heavy atom. The van der Waals surface area contributed by atoms with Gasteiger partial charge in [-0.2, -0.15) is 0 Å². The molecule has 0 saturated carbocycles. The Morgan fingerprint density at radius 2 is 2.23 bits per heavy atom. The average molecular weight is 350 g/mol. The summed E-state index contributed by atoms with van der Waals surface area (Å²) in [5, 5.41) is 7.10. The molecule has 1 aliphatic carbocycles. The van der Waals surface area contributed by atoms with Gasteiger partial charge in [0, 0.05) is 29.7 Å². The number of aromatic nitrogens is 3. The molecule has 1 aliphatic rings. The molecule has 1 atom stereocenters. The van der Waals surface area contributed by atoms with Crippen LogP contribution < -0.4 is 10.9 Å². The lowest BCUT2D eigenvalue weighted by atomic mass is 9.91. The topological polar surface area (TPSA) is 101 Å². The van der Waals surface area contributed by atoms with E-state index in [1.54, 1.807) is 31.5 Å². The second-order valence-electron chi connectivity index (χ2n) is 6.38. The first-order valence-corrected chi connectivity index (χ1v) is 8.53. The van der Waals surface area contributed by atoms with Gasteiger partial charge in [-0.15, -0.1) is 0 Å². The van der Waals surface area contributed by atoms with Crippen molar-refractivity contribution in [2.24, 2.45) is 0 Å². The SMILES string of the molecule is Cc1onc(-c2cccnc2)c1C(=O)NC1CCCc2[nH]c(=O)ccc21. The Hall–Kier alpha value is -3.22. The highest BCUT2D eigenvalue weighted by Gasteiger charge is 2.27. The number of carbonyl (C=O) groups excluding carboxylic acids is 1. The summed E-state index contributed by atoms with van der Waals surface area (Å²) in [5.41, 5.74) is 3.34. The zero-order chi connectivity index (χ0) is 18.1. The van der Waals surface area contributed by atoms with Gasteiger partial charge in [-0.1, -0.05) is 5.16 Å². The van der Waals surface area contributed by atoms with Gasteiger partial charge in [0.15, 0.2) is 0 Å². The van der Waals surface area contributed by atoms with Crippen molar-refractivity contribution in [2.45, 2.75) is 32.2 Å². The molecule has 7 heteroatoms. The summed E-state index contributed by atoms with van der Waals surface area (Å²) in [6.45, 7) is 1.72. The Morgan fingerprint density at radius 1 is 1.35 bits per heavy atom. The summed E-state index contributed by atoms with van der Waals surface area (Å²) in [6, 6.07) is 6.76. The molecular weight excluding hydrogens is 332 g/mol. The fraction of sp³-hybridized carbons (Fsp3) is 0.263. The van der Waals surface area contributed by atoms with E-state index < -0.39 is 0 Å². The van der Waals surface area contributed by atoms with E-state index in [0.29, 0.717) is 17.0 Å². The van der Waals surface area contributed by atoms with Crippen molar-refractivity contribution in [1.82, 2.24) is 20.4 Å². The number of pyridine rings is 2. The summed E-state index contributed by atoms with van der Waals surface area (Å²) >= 11 is 0. The van der Waals surface area contributed by atoms with Gasteiger partial charge < -0.3 is 14.8 Å². The molecule has 0 bridgehead atoms. The molecule has 3 aromatic heterocycles. The minimum Gasteiger partial charge on any atom is -0.360 e. The van der Waals surface area contributed by atoms with Crippen molar-refractivity contribution in [3.63, 3.8) is 0 Å². The highest BCUT2D eigenvalue weighted by Crippen LogP contribution is 2.29. The van der Waals surface area contributed by atoms with Crippen LogP contribution in [0.2, 0.25) is 0 Å². The average Bonchev–Trinajstić information content (AvgIpc) is 3.04. The van der Waals surface area contributed by atoms with Gasteiger partial charge in [-0.05, 0) is 49.9 Å². The molecule has 7 nitrogen and oxygen atoms in total. The highest BCUT2D eigenvalue weighted by molar-refractivity contribution is 6.00. The van der Waals surface area contributed by atoms with Crippen LogP contribution in [0.15, 0.2) is 46.0 Å². The Kier molecular flexibility index (Phi) is 4.12. The zero-order valence-electron chi connectivity index (χ0n) is 14.3. The molecule has 0 aromatic carbocycles. The number of rotatable bonds is 3. The molecule has 2 N–H and O–H groups in total. The van der Waals surface area contributed by atoms with Crippen molar-refractivity contribution < 1.29 is 9.32 Å². The number of aryl methyl sites for hydroxylation is 2. The fourth-order valence-corrected chi connectivity index (χ4v) is 3.42. The molecule has 0 saturated heterocycles. The molecule has 0 spiro atoms. The van der Waals surface area contributed by atoms with Gasteiger partial charge >= 0.3 is 0 Å². The van der Waals surface area contributed by atoms with Gasteiger partial charge in [0.25, 0.3) is 5.91 Å². The molecular formula is C19H18N4O3. The molecule has 1 unspecified atom stereocenters. The zero-order valence-corrected chi connectivity index (χ0v) is 14.3. The molecule has 3 aromatic rings. The number of nitrogens with one attached hydrogen (secondary N) is 2. The number of H-pyrrole nitrogens is 1. The number of carbonyl (C=O) groups is 1. The monoisotopic (exact) mass is 350 g/mol. The van der Waals surface area contributed by atoms with Gasteiger partial charge in [0.2, 0.25) is 5.56 Å². The summed E-state index contributed by atoms with van der Waals surface area (Å²) in [5.74, 6) is 0.213. The fourth-order valence-electron chi connectivity index (χ4n) is 3.42. The molecule has 132 valence electrons. The van der Waals surface area contributed by atoms with Gasteiger partial charge in [0.1, 0.15) is 17.0 Å². The van der Waals surface area contributed by atoms with E-state index in [0.717, 1.165) is 36.1 Å². The van der Waals surface area contributed by atoms with Gasteiger partial charge in [0.05, 0.1) is 6.04 Å². The lowest BCUT2D eigenvalue weighted by Gasteiger charge is -2.25. The molecule has 0 aliphatic heterocycles. The Labute approximate surface area is 149 Å². The van der Waals surface area contributed by atoms with Gasteiger partial charge in [-0.25, -0.2) is 0 Å². The molecule has 0 fully saturated rings. The predicted molar refractivity (Wildman–Crippen MR) is 94.7 cm³/mol. The maximum absolute atomic E-state index is 13.0. The third-order valence-corrected chi connectivity index (χ3v) is 4.66. The van der Waals surface area contributed by atoms with E-state index in [4.69, 9.17) is 4.52 Å². The van der Waals surface area contributed by atoms with Crippen molar-refractivity contribution in [3.8, 4) is 11.3 Å². The van der Waals surface area contributed by atoms with Crippen LogP contribution in [0.5, 0.6) is 0 Å². The van der Waals surface area contributed by atoms with Crippen LogP contribution in [-0.4, -0.2) is 21.0 Å². The summed E-state index contributed by atoms with van der Waals surface area (Å²) in [4.78, 5) is 31.4. The standard InChI is InChI=1S/C19H18N4O3/c1-11-17(18(23-26-11)12-4-3-9-20-10-12)19(25)22-15-6-2-5-14-13(15)7-8-16(24)21-14/h3-4,7-10,15H,2,5-6H2,1H3,(H,21,24)(H,22,25). The highest BCUT2D eigenvalue weighted by atomic mass is 16.5. The minimum absolute atomic E-state index is 0.121. The van der Waals surface area contributed by atoms with E-state index in [2.05, 4.69) is 20.4 Å². The van der Waals surface area contributed by atoms with Crippen LogP contribution in [0.4, 0.5) is 0 Å². The first-order valence-electron chi connectivity index (χ1n) is 8.53. The predicted octanol–water partition coefficient (Wildman–Crippen LogP) is 2.54. The molecule has 0 radical (unpaired) electrons. The second kappa shape index (κ2) is 6.59. The number of aromatic amines is 1. The van der Waals surface area contributed by atoms with Crippen LogP contribution >= 0.6 is 0 Å². The first kappa shape index (κ1) is 16.3. The lowest BCUT2D eigenvalue weighted by Crippen LogP contribution is -2.32. The molecule has 4 rings (SSSR count). The number of nitrogens with zero attached hydrogens (tertiary/aromatic N) is 2. The first-order chi connectivity index (χ1) is 12.6. The third-order valence-electron chi connectivity index (χ3n) is 4.66. The van der Waals surface area contributed by atoms with Crippen molar-refractivity contribution in [3.05, 3.63) is 69.6 Å². The van der Waals surface area contributed by atoms with E-state index in [9.17, 15) is 9.59 Å². The van der Waals surface area contributed by atoms with Crippen LogP contribution in [0.3, 0.4) is 0 Å². The van der Waals surface area contributed by atoms with Crippen molar-refractivity contribution >= 4 is 5.91 Å². The van der Waals surface area contributed by atoms with E-state index >= 15 is 0 Å². The third kappa shape index (κ3) is 2.92. The Bertz CT molecular complexity index is 1010. The number of fused-ring (bicyclic) bond motifs is 1. The van der Waals surface area contributed by atoms with Crippen LogP contribution in [-0.2, 0) is 6.42 Å². The molecule has 1 amide bonds. The normalized spacial score (nSPS) is 16.1. The van der Waals surface area contributed by atoms with Crippen molar-refractivity contribution in [1.29, 1.82) is 0 Å². The molecule has 3 heterocycles. The van der Waals surface area contributed by atoms with E-state index in [-0.39, 0.29) is 17.5 Å². The largest absolute Gasteiger partial charge is 0.360 e. The van der Waals surface area contributed by atoms with E-state index in [1.807, 2.05) is 6.07 Å². The van der Waals surface area contributed by atoms with Crippen LogP contribution in [0.1, 0.15) is 46.3 Å². The maximum atomic E-state index is 13.0. The minimum atomic E-state index is -0.244. The maximum Gasteiger partial charge on any atom is 0.257 e. The summed E-state index contributed by atoms with van der Waals surface area (Å²) in [6.07, 6.45) is 5.84. The van der Waals surface area contributed by atoms with Crippen LogP contribution in [0, 0.1) is 6.92 Å². The second-order valence-corrected chi connectivity index (χ2v) is 6.38. The van der Waals surface area contributed by atoms with E-state index in [1.165, 1.54) is 6.07 Å². The number of hydrogen-bond acceptors (Lipinski definition) is 5. The Balaban J connectivity index is 1.65. The summed E-state index contributed by atoms with van der Waals surface area (Å²) in [7, 11) is 0. The van der Waals surface area contributed by atoms with Gasteiger partial charge in [-0.3, -0.25) is 14.6 Å². The number of hydrogen-bond donors (Lipinski definition) is 2. The van der Waals surface area contributed by atoms with Crippen LogP contribution in [0.25, 0.3) is 11.3 Å². The smallest absolute Gasteiger partial charge is 0.257 e. The molecule has 26 heavy (non-hydrogen) atoms. The quantitative estimate of drug-likeness (QED) is 0.756. The summed E-state index contributed by atoms with van der Waals surface area (Å²) < 4.78 is 5.26. The van der Waals surface area contributed by atoms with Crippen molar-refractivity contribution in [2.75, 3.05) is 0 Å².